The Bertz CT molecular complexity index is 374. The molecule has 1 heterocycles. The second-order valence-electron chi connectivity index (χ2n) is 4.22. The number of carboxylic acid groups (broad SMARTS) is 1. The first-order valence-electron chi connectivity index (χ1n) is 5.70. The summed E-state index contributed by atoms with van der Waals surface area (Å²) in [5.74, 6) is -0.262. The average molecular weight is 240 g/mol. The Labute approximate surface area is 101 Å². The Kier molecular flexibility index (Phi) is 5.18. The monoisotopic (exact) mass is 240 g/mol. The number of hydrogen-bond donors (Lipinski definition) is 2. The van der Waals surface area contributed by atoms with Gasteiger partial charge in [0, 0.05) is 5.56 Å². The van der Waals surface area contributed by atoms with Crippen LogP contribution < -0.4 is 5.32 Å². The third-order valence-electron chi connectivity index (χ3n) is 2.56. The van der Waals surface area contributed by atoms with Crippen LogP contribution in [0.15, 0.2) is 10.5 Å². The van der Waals surface area contributed by atoms with Gasteiger partial charge in [0.2, 0.25) is 5.76 Å². The normalized spacial score (nSPS) is 11.1. The zero-order valence-electron chi connectivity index (χ0n) is 10.6. The number of aromatic carboxylic acids is 1. The standard InChI is InChI=1S/C12H20N2O3/c1-9-7-10(17-11(9)12(15)16)8-14(3)6-4-5-13-2/h7,13H,4-6,8H2,1-3H3,(H,15,16). The highest BCUT2D eigenvalue weighted by molar-refractivity contribution is 5.86. The predicted molar refractivity (Wildman–Crippen MR) is 65.3 cm³/mol. The van der Waals surface area contributed by atoms with Gasteiger partial charge in [-0.25, -0.2) is 4.79 Å². The van der Waals surface area contributed by atoms with E-state index in [1.807, 2.05) is 14.1 Å². The summed E-state index contributed by atoms with van der Waals surface area (Å²) in [5, 5.41) is 12.0. The molecule has 0 unspecified atom stereocenters. The fourth-order valence-electron chi connectivity index (χ4n) is 1.71. The molecular formula is C12H20N2O3. The summed E-state index contributed by atoms with van der Waals surface area (Å²) >= 11 is 0. The number of aryl methyl sites for hydroxylation is 1. The van der Waals surface area contributed by atoms with Crippen molar-refractivity contribution in [1.82, 2.24) is 10.2 Å². The Morgan fingerprint density at radius 3 is 2.82 bits per heavy atom. The SMILES string of the molecule is CNCCCN(C)Cc1cc(C)c(C(=O)O)o1. The van der Waals surface area contributed by atoms with Crippen molar-refractivity contribution in [2.45, 2.75) is 19.9 Å². The van der Waals surface area contributed by atoms with Gasteiger partial charge in [0.25, 0.3) is 0 Å². The van der Waals surface area contributed by atoms with E-state index in [0.717, 1.165) is 19.5 Å². The summed E-state index contributed by atoms with van der Waals surface area (Å²) in [6.07, 6.45) is 1.05. The number of hydrogen-bond acceptors (Lipinski definition) is 4. The smallest absolute Gasteiger partial charge is 0.372 e. The Balaban J connectivity index is 2.51. The number of carbonyl (C=O) groups is 1. The van der Waals surface area contributed by atoms with Crippen LogP contribution >= 0.6 is 0 Å². The maximum absolute atomic E-state index is 10.8. The molecular weight excluding hydrogens is 220 g/mol. The molecule has 0 aliphatic heterocycles. The summed E-state index contributed by atoms with van der Waals surface area (Å²) < 4.78 is 5.30. The van der Waals surface area contributed by atoms with Gasteiger partial charge < -0.3 is 14.8 Å². The molecule has 1 aromatic rings. The van der Waals surface area contributed by atoms with Crippen molar-refractivity contribution >= 4 is 5.97 Å². The van der Waals surface area contributed by atoms with Crippen LogP contribution in [-0.4, -0.2) is 43.2 Å². The number of nitrogens with zero attached hydrogens (tertiary/aromatic N) is 1. The van der Waals surface area contributed by atoms with Gasteiger partial charge in [0.05, 0.1) is 6.54 Å². The summed E-state index contributed by atoms with van der Waals surface area (Å²) in [6, 6.07) is 1.79. The van der Waals surface area contributed by atoms with Gasteiger partial charge >= 0.3 is 5.97 Å². The lowest BCUT2D eigenvalue weighted by molar-refractivity contribution is 0.0657. The molecule has 1 rings (SSSR count). The minimum atomic E-state index is -1.01. The molecule has 0 aliphatic rings. The summed E-state index contributed by atoms with van der Waals surface area (Å²) in [6.45, 7) is 4.31. The second kappa shape index (κ2) is 6.42. The predicted octanol–water partition coefficient (Wildman–Crippen LogP) is 1.33. The van der Waals surface area contributed by atoms with Crippen molar-refractivity contribution in [1.29, 1.82) is 0 Å². The molecule has 0 radical (unpaired) electrons. The zero-order chi connectivity index (χ0) is 12.8. The molecule has 0 atom stereocenters. The van der Waals surface area contributed by atoms with Crippen LogP contribution in [0.1, 0.15) is 28.3 Å². The van der Waals surface area contributed by atoms with E-state index in [1.165, 1.54) is 0 Å². The summed E-state index contributed by atoms with van der Waals surface area (Å²) in [7, 11) is 3.92. The van der Waals surface area contributed by atoms with E-state index in [-0.39, 0.29) is 5.76 Å². The van der Waals surface area contributed by atoms with Crippen molar-refractivity contribution in [2.75, 3.05) is 27.2 Å². The van der Waals surface area contributed by atoms with Crippen molar-refractivity contribution in [3.05, 3.63) is 23.2 Å². The maximum Gasteiger partial charge on any atom is 0.372 e. The van der Waals surface area contributed by atoms with E-state index in [0.29, 0.717) is 17.9 Å². The molecule has 0 fully saturated rings. The van der Waals surface area contributed by atoms with Crippen LogP contribution in [0, 0.1) is 6.92 Å². The highest BCUT2D eigenvalue weighted by Crippen LogP contribution is 2.15. The van der Waals surface area contributed by atoms with E-state index in [9.17, 15) is 4.79 Å². The van der Waals surface area contributed by atoms with Crippen molar-refractivity contribution < 1.29 is 14.3 Å². The molecule has 1 aromatic heterocycles. The van der Waals surface area contributed by atoms with E-state index in [2.05, 4.69) is 10.2 Å². The van der Waals surface area contributed by atoms with E-state index >= 15 is 0 Å². The number of rotatable bonds is 7. The van der Waals surface area contributed by atoms with Crippen LogP contribution in [0.5, 0.6) is 0 Å². The number of nitrogens with one attached hydrogen (secondary N) is 1. The van der Waals surface area contributed by atoms with Crippen LogP contribution in [0.25, 0.3) is 0 Å². The fraction of sp³-hybridized carbons (Fsp3) is 0.583. The molecule has 17 heavy (non-hydrogen) atoms. The van der Waals surface area contributed by atoms with Crippen LogP contribution in [-0.2, 0) is 6.54 Å². The lowest BCUT2D eigenvalue weighted by Gasteiger charge is -2.14. The van der Waals surface area contributed by atoms with Gasteiger partial charge in [-0.05, 0) is 46.6 Å². The molecule has 0 saturated carbocycles. The largest absolute Gasteiger partial charge is 0.475 e. The summed E-state index contributed by atoms with van der Waals surface area (Å²) in [5.41, 5.74) is 0.677. The molecule has 96 valence electrons. The number of carboxylic acids is 1. The molecule has 5 heteroatoms. The Hall–Kier alpha value is -1.33. The van der Waals surface area contributed by atoms with Gasteiger partial charge in [0.15, 0.2) is 0 Å². The quantitative estimate of drug-likeness (QED) is 0.704. The minimum absolute atomic E-state index is 0.0450. The first-order valence-corrected chi connectivity index (χ1v) is 5.70. The van der Waals surface area contributed by atoms with Crippen molar-refractivity contribution in [2.24, 2.45) is 0 Å². The molecule has 0 amide bonds. The highest BCUT2D eigenvalue weighted by Gasteiger charge is 2.14. The van der Waals surface area contributed by atoms with Gasteiger partial charge in [0.1, 0.15) is 5.76 Å². The van der Waals surface area contributed by atoms with E-state index < -0.39 is 5.97 Å². The van der Waals surface area contributed by atoms with Crippen molar-refractivity contribution in [3.63, 3.8) is 0 Å². The van der Waals surface area contributed by atoms with Crippen LogP contribution in [0.4, 0.5) is 0 Å². The lowest BCUT2D eigenvalue weighted by Crippen LogP contribution is -2.22. The summed E-state index contributed by atoms with van der Waals surface area (Å²) in [4.78, 5) is 12.9. The molecule has 0 aromatic carbocycles. The van der Waals surface area contributed by atoms with Gasteiger partial charge in [-0.15, -0.1) is 0 Å². The van der Waals surface area contributed by atoms with Gasteiger partial charge in [-0.2, -0.15) is 0 Å². The number of furan rings is 1. The maximum atomic E-state index is 10.8. The molecule has 0 saturated heterocycles. The molecule has 0 bridgehead atoms. The molecule has 2 N–H and O–H groups in total. The second-order valence-corrected chi connectivity index (χ2v) is 4.22. The lowest BCUT2D eigenvalue weighted by atomic mass is 10.2. The molecule has 5 nitrogen and oxygen atoms in total. The minimum Gasteiger partial charge on any atom is -0.475 e. The van der Waals surface area contributed by atoms with Crippen LogP contribution in [0.3, 0.4) is 0 Å². The highest BCUT2D eigenvalue weighted by atomic mass is 16.4. The van der Waals surface area contributed by atoms with E-state index in [1.54, 1.807) is 13.0 Å². The fourth-order valence-corrected chi connectivity index (χ4v) is 1.71. The van der Waals surface area contributed by atoms with E-state index in [4.69, 9.17) is 9.52 Å². The Morgan fingerprint density at radius 1 is 1.59 bits per heavy atom. The topological polar surface area (TPSA) is 65.7 Å². The first kappa shape index (κ1) is 13.7. The van der Waals surface area contributed by atoms with Gasteiger partial charge in [-0.1, -0.05) is 0 Å². The molecule has 0 aliphatic carbocycles. The van der Waals surface area contributed by atoms with Crippen molar-refractivity contribution in [3.8, 4) is 0 Å². The zero-order valence-corrected chi connectivity index (χ0v) is 10.6. The first-order chi connectivity index (χ1) is 8.04. The third-order valence-corrected chi connectivity index (χ3v) is 2.56. The average Bonchev–Trinajstić information content (AvgIpc) is 2.60. The van der Waals surface area contributed by atoms with Crippen LogP contribution in [0.2, 0.25) is 0 Å². The Morgan fingerprint density at radius 2 is 2.29 bits per heavy atom. The third kappa shape index (κ3) is 4.20. The molecule has 0 spiro atoms. The van der Waals surface area contributed by atoms with Gasteiger partial charge in [-0.3, -0.25) is 4.90 Å².